The molecule has 2 unspecified atom stereocenters. The summed E-state index contributed by atoms with van der Waals surface area (Å²) >= 11 is 5.98. The lowest BCUT2D eigenvalue weighted by Crippen LogP contribution is -2.49. The highest BCUT2D eigenvalue weighted by Gasteiger charge is 2.31. The molecule has 2 atom stereocenters. The van der Waals surface area contributed by atoms with E-state index in [1.54, 1.807) is 12.1 Å². The Kier molecular flexibility index (Phi) is 6.70. The second-order valence-corrected chi connectivity index (χ2v) is 7.66. The Bertz CT molecular complexity index is 663. The first-order valence-electron chi connectivity index (χ1n) is 7.25. The van der Waals surface area contributed by atoms with Gasteiger partial charge in [0.2, 0.25) is 15.9 Å². The van der Waals surface area contributed by atoms with Crippen LogP contribution in [0.1, 0.15) is 27.2 Å². The van der Waals surface area contributed by atoms with Crippen LogP contribution in [0.15, 0.2) is 18.2 Å². The van der Waals surface area contributed by atoms with Crippen LogP contribution in [0.5, 0.6) is 5.75 Å². The van der Waals surface area contributed by atoms with E-state index in [9.17, 15) is 13.2 Å². The molecule has 0 fully saturated rings. The summed E-state index contributed by atoms with van der Waals surface area (Å²) in [6.07, 6.45) is 1.79. The number of benzene rings is 1. The Labute approximate surface area is 142 Å². The van der Waals surface area contributed by atoms with Gasteiger partial charge in [-0.2, -0.15) is 0 Å². The standard InChI is InChI=1S/C15H23ClN2O4S/c1-6-10(2)17-15(19)11(3)18(23(5,20)21)13-9-12(16)7-8-14(13)22-4/h7-11H,6H2,1-5H3,(H,17,19). The lowest BCUT2D eigenvalue weighted by atomic mass is 10.2. The first-order chi connectivity index (χ1) is 10.6. The van der Waals surface area contributed by atoms with Crippen LogP contribution in [0.3, 0.4) is 0 Å². The number of halogens is 1. The number of amides is 1. The first kappa shape index (κ1) is 19.6. The van der Waals surface area contributed by atoms with Gasteiger partial charge in [-0.3, -0.25) is 9.10 Å². The highest BCUT2D eigenvalue weighted by Crippen LogP contribution is 2.34. The summed E-state index contributed by atoms with van der Waals surface area (Å²) in [6, 6.07) is 3.64. The molecule has 0 saturated heterocycles. The van der Waals surface area contributed by atoms with Gasteiger partial charge in [0.15, 0.2) is 0 Å². The maximum Gasteiger partial charge on any atom is 0.243 e. The summed E-state index contributed by atoms with van der Waals surface area (Å²) in [4.78, 5) is 12.4. The number of carbonyl (C=O) groups excluding carboxylic acids is 1. The molecule has 0 aliphatic rings. The van der Waals surface area contributed by atoms with Gasteiger partial charge in [-0.25, -0.2) is 8.42 Å². The third-order valence-electron chi connectivity index (χ3n) is 3.47. The number of hydrogen-bond acceptors (Lipinski definition) is 4. The summed E-state index contributed by atoms with van der Waals surface area (Å²) in [7, 11) is -2.29. The van der Waals surface area contributed by atoms with Crippen LogP contribution >= 0.6 is 11.6 Å². The molecule has 1 rings (SSSR count). The van der Waals surface area contributed by atoms with Gasteiger partial charge in [-0.15, -0.1) is 0 Å². The predicted molar refractivity (Wildman–Crippen MR) is 92.7 cm³/mol. The molecule has 1 amide bonds. The quantitative estimate of drug-likeness (QED) is 0.808. The van der Waals surface area contributed by atoms with Crippen LogP contribution in [0.2, 0.25) is 5.02 Å². The highest BCUT2D eigenvalue weighted by molar-refractivity contribution is 7.92. The van der Waals surface area contributed by atoms with Crippen LogP contribution in [0, 0.1) is 0 Å². The molecule has 1 N–H and O–H groups in total. The average Bonchev–Trinajstić information content (AvgIpc) is 2.45. The topological polar surface area (TPSA) is 75.7 Å². The second-order valence-electron chi connectivity index (χ2n) is 5.37. The average molecular weight is 363 g/mol. The van der Waals surface area contributed by atoms with E-state index in [1.807, 2.05) is 13.8 Å². The van der Waals surface area contributed by atoms with E-state index < -0.39 is 16.1 Å². The van der Waals surface area contributed by atoms with Crippen molar-refractivity contribution in [1.82, 2.24) is 5.32 Å². The molecule has 0 aromatic heterocycles. The highest BCUT2D eigenvalue weighted by atomic mass is 35.5. The zero-order valence-corrected chi connectivity index (χ0v) is 15.5. The molecule has 1 aromatic rings. The number of ether oxygens (including phenoxy) is 1. The van der Waals surface area contributed by atoms with Crippen molar-refractivity contribution in [3.05, 3.63) is 23.2 Å². The summed E-state index contributed by atoms with van der Waals surface area (Å²) in [5.41, 5.74) is 0.231. The summed E-state index contributed by atoms with van der Waals surface area (Å²) < 4.78 is 30.8. The predicted octanol–water partition coefficient (Wildman–Crippen LogP) is 2.42. The molecule has 0 spiro atoms. The van der Waals surface area contributed by atoms with Crippen molar-refractivity contribution >= 4 is 33.2 Å². The molecular formula is C15H23ClN2O4S. The van der Waals surface area contributed by atoms with Gasteiger partial charge in [0.05, 0.1) is 19.1 Å². The minimum atomic E-state index is -3.72. The number of hydrogen-bond donors (Lipinski definition) is 1. The van der Waals surface area contributed by atoms with Crippen molar-refractivity contribution in [2.45, 2.75) is 39.3 Å². The van der Waals surface area contributed by atoms with Crippen molar-refractivity contribution in [2.75, 3.05) is 17.7 Å². The van der Waals surface area contributed by atoms with Crippen molar-refractivity contribution in [2.24, 2.45) is 0 Å². The molecule has 0 bridgehead atoms. The molecule has 0 saturated carbocycles. The van der Waals surface area contributed by atoms with Gasteiger partial charge in [0.1, 0.15) is 11.8 Å². The lowest BCUT2D eigenvalue weighted by molar-refractivity contribution is -0.122. The Morgan fingerprint density at radius 2 is 2.00 bits per heavy atom. The molecule has 23 heavy (non-hydrogen) atoms. The van der Waals surface area contributed by atoms with Crippen molar-refractivity contribution in [3.8, 4) is 5.75 Å². The molecule has 8 heteroatoms. The fourth-order valence-corrected chi connectivity index (χ4v) is 3.42. The number of carbonyl (C=O) groups is 1. The third kappa shape index (κ3) is 5.00. The van der Waals surface area contributed by atoms with Crippen LogP contribution in [0.25, 0.3) is 0 Å². The second kappa shape index (κ2) is 7.88. The monoisotopic (exact) mass is 362 g/mol. The molecule has 1 aromatic carbocycles. The molecular weight excluding hydrogens is 340 g/mol. The van der Waals surface area contributed by atoms with E-state index in [-0.39, 0.29) is 17.6 Å². The van der Waals surface area contributed by atoms with Gasteiger partial charge in [-0.05, 0) is 38.5 Å². The van der Waals surface area contributed by atoms with E-state index in [0.717, 1.165) is 17.0 Å². The van der Waals surface area contributed by atoms with Gasteiger partial charge in [0, 0.05) is 11.1 Å². The fraction of sp³-hybridized carbons (Fsp3) is 0.533. The molecule has 0 aliphatic carbocycles. The van der Waals surface area contributed by atoms with E-state index in [0.29, 0.717) is 10.8 Å². The first-order valence-corrected chi connectivity index (χ1v) is 9.47. The summed E-state index contributed by atoms with van der Waals surface area (Å²) in [6.45, 7) is 5.32. The lowest BCUT2D eigenvalue weighted by Gasteiger charge is -2.30. The minimum Gasteiger partial charge on any atom is -0.495 e. The Balaban J connectivity index is 3.32. The van der Waals surface area contributed by atoms with Crippen LogP contribution in [-0.2, 0) is 14.8 Å². The van der Waals surface area contributed by atoms with Gasteiger partial charge in [-0.1, -0.05) is 18.5 Å². The van der Waals surface area contributed by atoms with Crippen molar-refractivity contribution in [3.63, 3.8) is 0 Å². The van der Waals surface area contributed by atoms with Crippen LogP contribution in [-0.4, -0.2) is 39.8 Å². The number of anilines is 1. The molecule has 0 heterocycles. The number of methoxy groups -OCH3 is 1. The smallest absolute Gasteiger partial charge is 0.243 e. The molecule has 0 aliphatic heterocycles. The largest absolute Gasteiger partial charge is 0.495 e. The van der Waals surface area contributed by atoms with E-state index in [1.165, 1.54) is 20.1 Å². The van der Waals surface area contributed by atoms with E-state index >= 15 is 0 Å². The maximum atomic E-state index is 12.4. The zero-order chi connectivity index (χ0) is 17.8. The third-order valence-corrected chi connectivity index (χ3v) is 4.93. The maximum absolute atomic E-state index is 12.4. The Morgan fingerprint density at radius 3 is 2.48 bits per heavy atom. The van der Waals surface area contributed by atoms with Crippen molar-refractivity contribution < 1.29 is 17.9 Å². The molecule has 6 nitrogen and oxygen atoms in total. The van der Waals surface area contributed by atoms with Crippen LogP contribution in [0.4, 0.5) is 5.69 Å². The van der Waals surface area contributed by atoms with Crippen molar-refractivity contribution in [1.29, 1.82) is 0 Å². The van der Waals surface area contributed by atoms with Gasteiger partial charge in [0.25, 0.3) is 0 Å². The number of nitrogens with zero attached hydrogens (tertiary/aromatic N) is 1. The van der Waals surface area contributed by atoms with E-state index in [2.05, 4.69) is 5.32 Å². The van der Waals surface area contributed by atoms with Crippen LogP contribution < -0.4 is 14.4 Å². The normalized spacial score (nSPS) is 14.0. The van der Waals surface area contributed by atoms with E-state index in [4.69, 9.17) is 16.3 Å². The Hall–Kier alpha value is -1.47. The SMILES string of the molecule is CCC(C)NC(=O)C(C)N(c1cc(Cl)ccc1OC)S(C)(=O)=O. The number of nitrogens with one attached hydrogen (secondary N) is 1. The molecule has 0 radical (unpaired) electrons. The Morgan fingerprint density at radius 1 is 1.39 bits per heavy atom. The number of sulfonamides is 1. The molecule has 130 valence electrons. The minimum absolute atomic E-state index is 0.0485. The number of rotatable bonds is 7. The van der Waals surface area contributed by atoms with Gasteiger partial charge < -0.3 is 10.1 Å². The fourth-order valence-electron chi connectivity index (χ4n) is 2.08. The zero-order valence-electron chi connectivity index (χ0n) is 14.0. The summed E-state index contributed by atoms with van der Waals surface area (Å²) in [5, 5.41) is 3.14. The van der Waals surface area contributed by atoms with Gasteiger partial charge >= 0.3 is 0 Å². The summed E-state index contributed by atoms with van der Waals surface area (Å²) in [5.74, 6) is -0.0604.